The standard InChI is InChI=1S/C19H27NO4/c1-5-10-16(14-11-8-7-9-12-14)20(22)15(6-2)18-17(13-21)23-19(3,4)24-18/h5-9,11-12,15-18,21-22H,1-2,10,13H2,3-4H3/t15-,16+,17+,18-/m0/s1. The molecule has 2 N–H and O–H groups in total. The van der Waals surface area contributed by atoms with E-state index in [1.54, 1.807) is 26.0 Å². The minimum atomic E-state index is -0.819. The van der Waals surface area contributed by atoms with E-state index in [4.69, 9.17) is 9.47 Å². The Morgan fingerprint density at radius 3 is 2.46 bits per heavy atom. The van der Waals surface area contributed by atoms with Crippen LogP contribution >= 0.6 is 0 Å². The Kier molecular flexibility index (Phi) is 6.32. The number of nitrogens with zero attached hydrogens (tertiary/aromatic N) is 1. The molecule has 0 unspecified atom stereocenters. The van der Waals surface area contributed by atoms with Gasteiger partial charge in [0.1, 0.15) is 12.2 Å². The second-order valence-corrected chi connectivity index (χ2v) is 6.38. The molecule has 132 valence electrons. The quantitative estimate of drug-likeness (QED) is 0.565. The van der Waals surface area contributed by atoms with E-state index in [0.717, 1.165) is 5.56 Å². The highest BCUT2D eigenvalue weighted by Gasteiger charge is 2.46. The number of aliphatic hydroxyl groups excluding tert-OH is 1. The van der Waals surface area contributed by atoms with Crippen molar-refractivity contribution in [2.75, 3.05) is 6.61 Å². The fourth-order valence-electron chi connectivity index (χ4n) is 3.12. The van der Waals surface area contributed by atoms with Crippen LogP contribution in [0.25, 0.3) is 0 Å². The molecule has 0 radical (unpaired) electrons. The van der Waals surface area contributed by atoms with Crippen molar-refractivity contribution in [3.05, 3.63) is 61.2 Å². The third-order valence-corrected chi connectivity index (χ3v) is 4.18. The summed E-state index contributed by atoms with van der Waals surface area (Å²) in [7, 11) is 0. The van der Waals surface area contributed by atoms with Crippen LogP contribution < -0.4 is 0 Å². The second kappa shape index (κ2) is 8.05. The topological polar surface area (TPSA) is 62.2 Å². The molecule has 1 fully saturated rings. The van der Waals surface area contributed by atoms with Crippen molar-refractivity contribution in [1.29, 1.82) is 0 Å². The molecule has 1 saturated heterocycles. The lowest BCUT2D eigenvalue weighted by Gasteiger charge is -2.35. The lowest BCUT2D eigenvalue weighted by atomic mass is 9.99. The molecule has 1 aromatic carbocycles. The van der Waals surface area contributed by atoms with Gasteiger partial charge in [-0.3, -0.25) is 0 Å². The van der Waals surface area contributed by atoms with Crippen LogP contribution in [0.1, 0.15) is 31.9 Å². The average Bonchev–Trinajstić information content (AvgIpc) is 2.88. The molecule has 1 aliphatic heterocycles. The number of benzene rings is 1. The van der Waals surface area contributed by atoms with Crippen LogP contribution in [-0.4, -0.2) is 46.0 Å². The van der Waals surface area contributed by atoms with Crippen molar-refractivity contribution < 1.29 is 19.8 Å². The zero-order valence-corrected chi connectivity index (χ0v) is 14.3. The van der Waals surface area contributed by atoms with Gasteiger partial charge < -0.3 is 19.8 Å². The van der Waals surface area contributed by atoms with E-state index in [1.165, 1.54) is 5.06 Å². The van der Waals surface area contributed by atoms with Gasteiger partial charge >= 0.3 is 0 Å². The molecule has 0 spiro atoms. The van der Waals surface area contributed by atoms with Crippen LogP contribution in [-0.2, 0) is 9.47 Å². The van der Waals surface area contributed by atoms with Crippen LogP contribution in [0, 0.1) is 0 Å². The highest BCUT2D eigenvalue weighted by atomic mass is 16.8. The third kappa shape index (κ3) is 4.12. The molecule has 5 nitrogen and oxygen atoms in total. The highest BCUT2D eigenvalue weighted by molar-refractivity contribution is 5.20. The largest absolute Gasteiger partial charge is 0.394 e. The van der Waals surface area contributed by atoms with Gasteiger partial charge in [-0.1, -0.05) is 42.5 Å². The minimum Gasteiger partial charge on any atom is -0.394 e. The Morgan fingerprint density at radius 1 is 1.25 bits per heavy atom. The van der Waals surface area contributed by atoms with Gasteiger partial charge in [0.15, 0.2) is 5.79 Å². The maximum absolute atomic E-state index is 10.9. The highest BCUT2D eigenvalue weighted by Crippen LogP contribution is 2.34. The Morgan fingerprint density at radius 2 is 1.92 bits per heavy atom. The van der Waals surface area contributed by atoms with Gasteiger partial charge in [-0.05, 0) is 25.8 Å². The summed E-state index contributed by atoms with van der Waals surface area (Å²) in [6.45, 7) is 11.0. The monoisotopic (exact) mass is 333 g/mol. The molecule has 1 aliphatic rings. The lowest BCUT2D eigenvalue weighted by Crippen LogP contribution is -2.47. The van der Waals surface area contributed by atoms with E-state index in [2.05, 4.69) is 13.2 Å². The number of hydroxylamine groups is 2. The Labute approximate surface area is 143 Å². The number of rotatable bonds is 8. The molecule has 24 heavy (non-hydrogen) atoms. The van der Waals surface area contributed by atoms with E-state index >= 15 is 0 Å². The summed E-state index contributed by atoms with van der Waals surface area (Å²) in [6, 6.07) is 8.87. The Hall–Kier alpha value is -1.50. The fourth-order valence-corrected chi connectivity index (χ4v) is 3.12. The van der Waals surface area contributed by atoms with Gasteiger partial charge in [0.2, 0.25) is 0 Å². The molecule has 0 amide bonds. The predicted molar refractivity (Wildman–Crippen MR) is 92.5 cm³/mol. The Bertz CT molecular complexity index is 546. The maximum Gasteiger partial charge on any atom is 0.163 e. The van der Waals surface area contributed by atoms with Gasteiger partial charge in [-0.15, -0.1) is 13.2 Å². The molecule has 0 saturated carbocycles. The van der Waals surface area contributed by atoms with Gasteiger partial charge in [-0.2, -0.15) is 5.06 Å². The van der Waals surface area contributed by atoms with E-state index in [1.807, 2.05) is 30.3 Å². The van der Waals surface area contributed by atoms with E-state index in [0.29, 0.717) is 6.42 Å². The van der Waals surface area contributed by atoms with E-state index in [-0.39, 0.29) is 12.6 Å². The first kappa shape index (κ1) is 18.8. The number of hydrogen-bond donors (Lipinski definition) is 2. The average molecular weight is 333 g/mol. The molecule has 5 heteroatoms. The second-order valence-electron chi connectivity index (χ2n) is 6.38. The molecular formula is C19H27NO4. The SMILES string of the molecule is C=CC[C@H](c1ccccc1)N(O)[C@@H](C=C)[C@@H]1OC(C)(C)O[C@@H]1CO. The Balaban J connectivity index is 2.27. The number of aliphatic hydroxyl groups is 1. The fraction of sp³-hybridized carbons (Fsp3) is 0.474. The summed E-state index contributed by atoms with van der Waals surface area (Å²) in [6.07, 6.45) is 2.89. The van der Waals surface area contributed by atoms with Crippen molar-refractivity contribution in [2.45, 2.75) is 50.3 Å². The van der Waals surface area contributed by atoms with Crippen molar-refractivity contribution >= 4 is 0 Å². The first-order valence-electron chi connectivity index (χ1n) is 8.15. The van der Waals surface area contributed by atoms with E-state index < -0.39 is 24.0 Å². The summed E-state index contributed by atoms with van der Waals surface area (Å²) in [5.74, 6) is -0.819. The molecular weight excluding hydrogens is 306 g/mol. The maximum atomic E-state index is 10.9. The van der Waals surface area contributed by atoms with Crippen LogP contribution in [0.4, 0.5) is 0 Å². The van der Waals surface area contributed by atoms with Crippen molar-refractivity contribution in [3.63, 3.8) is 0 Å². The third-order valence-electron chi connectivity index (χ3n) is 4.18. The molecule has 1 aromatic rings. The molecule has 2 rings (SSSR count). The molecule has 4 atom stereocenters. The van der Waals surface area contributed by atoms with Crippen molar-refractivity contribution in [2.24, 2.45) is 0 Å². The molecule has 1 heterocycles. The first-order valence-corrected chi connectivity index (χ1v) is 8.15. The van der Waals surface area contributed by atoms with Crippen LogP contribution in [0.15, 0.2) is 55.6 Å². The van der Waals surface area contributed by atoms with Crippen molar-refractivity contribution in [3.8, 4) is 0 Å². The summed E-state index contributed by atoms with van der Waals surface area (Å²) >= 11 is 0. The minimum absolute atomic E-state index is 0.191. The molecule has 0 aliphatic carbocycles. The van der Waals surface area contributed by atoms with Crippen LogP contribution in [0.2, 0.25) is 0 Å². The molecule has 0 bridgehead atoms. The van der Waals surface area contributed by atoms with E-state index in [9.17, 15) is 10.3 Å². The first-order chi connectivity index (χ1) is 11.4. The van der Waals surface area contributed by atoms with Crippen molar-refractivity contribution in [1.82, 2.24) is 5.06 Å². The summed E-state index contributed by atoms with van der Waals surface area (Å²) < 4.78 is 11.6. The zero-order valence-electron chi connectivity index (χ0n) is 14.3. The molecule has 0 aromatic heterocycles. The number of hydrogen-bond acceptors (Lipinski definition) is 5. The summed E-state index contributed by atoms with van der Waals surface area (Å²) in [4.78, 5) is 0. The predicted octanol–water partition coefficient (Wildman–Crippen LogP) is 3.06. The lowest BCUT2D eigenvalue weighted by molar-refractivity contribution is -0.192. The van der Waals surface area contributed by atoms with Crippen LogP contribution in [0.5, 0.6) is 0 Å². The van der Waals surface area contributed by atoms with Crippen LogP contribution in [0.3, 0.4) is 0 Å². The van der Waals surface area contributed by atoms with Gasteiger partial charge in [0.05, 0.1) is 18.7 Å². The summed E-state index contributed by atoms with van der Waals surface area (Å²) in [5.41, 5.74) is 0.963. The number of ether oxygens (including phenoxy) is 2. The van der Waals surface area contributed by atoms with Gasteiger partial charge in [0, 0.05) is 0 Å². The zero-order chi connectivity index (χ0) is 17.7. The smallest absolute Gasteiger partial charge is 0.163 e. The summed E-state index contributed by atoms with van der Waals surface area (Å²) in [5, 5.41) is 21.7. The van der Waals surface area contributed by atoms with Gasteiger partial charge in [0.25, 0.3) is 0 Å². The van der Waals surface area contributed by atoms with Gasteiger partial charge in [-0.25, -0.2) is 0 Å². The normalized spacial score (nSPS) is 25.4.